The van der Waals surface area contributed by atoms with Crippen molar-refractivity contribution in [2.75, 3.05) is 87.4 Å². The molecule has 3 saturated heterocycles. The second kappa shape index (κ2) is 21.0. The van der Waals surface area contributed by atoms with Crippen molar-refractivity contribution in [3.05, 3.63) is 111 Å². The van der Waals surface area contributed by atoms with E-state index < -0.39 is 31.4 Å². The lowest BCUT2D eigenvalue weighted by atomic mass is 9.71. The zero-order chi connectivity index (χ0) is 50.1. The van der Waals surface area contributed by atoms with Gasteiger partial charge in [-0.3, -0.25) is 19.8 Å². The fourth-order valence-corrected chi connectivity index (χ4v) is 11.9. The number of piperazine rings is 1. The summed E-state index contributed by atoms with van der Waals surface area (Å²) in [5.41, 5.74) is 6.19. The standard InChI is InChI=1S/C53H63ClN8O9S/c1-34-6-12-40(71-32-34)29-56-45-15-13-41(26-47(45)62(64)65)72(66,67)58-51(63)42-14-11-38(25-46(42)61-18-4-22-70-52-48(61)24-36-16-17-55-50(36)57-52)59-19-20-60-31-44-43(35-7-9-37(54)10-8-35)27-53(2,3)28-49(44)69-23-5-21-68-33-39(60)30-59/h7-11,13-17,24-26,34,39-40,49,56H,4-6,12,18-23,27-33H2,1-3H3,(H,55,57)(H,58,63)/t34-,39-,40+,49+/m0/s1. The quantitative estimate of drug-likeness (QED) is 0.0886. The number of amides is 1. The summed E-state index contributed by atoms with van der Waals surface area (Å²) in [6.07, 6.45) is 6.62. The van der Waals surface area contributed by atoms with Crippen LogP contribution in [0.1, 0.15) is 75.2 Å². The Morgan fingerprint density at radius 2 is 1.81 bits per heavy atom. The molecule has 2 aromatic heterocycles. The second-order valence-corrected chi connectivity index (χ2v) is 22.7. The zero-order valence-electron chi connectivity index (χ0n) is 41.0. The second-order valence-electron chi connectivity index (χ2n) is 20.6. The molecule has 10 rings (SSSR count). The van der Waals surface area contributed by atoms with E-state index in [1.165, 1.54) is 23.3 Å². The molecule has 3 N–H and O–H groups in total. The highest BCUT2D eigenvalue weighted by molar-refractivity contribution is 7.90. The van der Waals surface area contributed by atoms with Gasteiger partial charge in [0.2, 0.25) is 5.88 Å². The topological polar surface area (TPSA) is 194 Å². The number of halogens is 1. The van der Waals surface area contributed by atoms with Gasteiger partial charge in [-0.1, -0.05) is 44.5 Å². The van der Waals surface area contributed by atoms with Gasteiger partial charge >= 0.3 is 0 Å². The number of nitrogens with zero attached hydrogens (tertiary/aromatic N) is 5. The van der Waals surface area contributed by atoms with E-state index >= 15 is 0 Å². The number of nitrogens with one attached hydrogen (secondary N) is 3. The summed E-state index contributed by atoms with van der Waals surface area (Å²) in [7, 11) is -4.62. The van der Waals surface area contributed by atoms with Crippen LogP contribution in [-0.2, 0) is 24.2 Å². The number of fused-ring (bicyclic) bond motifs is 4. The number of benzene rings is 3. The smallest absolute Gasteiger partial charge is 0.293 e. The first-order chi connectivity index (χ1) is 34.7. The minimum atomic E-state index is -4.62. The highest BCUT2D eigenvalue weighted by atomic mass is 35.5. The van der Waals surface area contributed by atoms with Crippen LogP contribution in [-0.4, -0.2) is 125 Å². The van der Waals surface area contributed by atoms with E-state index in [2.05, 4.69) is 57.7 Å². The van der Waals surface area contributed by atoms with Crippen LogP contribution in [0.4, 0.5) is 28.4 Å². The SMILES string of the molecule is C[C@H]1CC[C@H](CNc2ccc(S(=O)(=O)NC(=O)c3ccc(N4CCN5CC6=C(c7ccc(Cl)cc7)CC(C)(C)C[C@H]6OCCCOC[C@@H]5C4)cc3N3CCCOc4nc5[nH]ccc5cc43)cc2[N+](=O)[O-])OC1. The number of aromatic nitrogens is 2. The number of anilines is 4. The van der Waals surface area contributed by atoms with Gasteiger partial charge in [-0.15, -0.1) is 0 Å². The molecule has 0 radical (unpaired) electrons. The minimum Gasteiger partial charge on any atom is -0.476 e. The molecule has 72 heavy (non-hydrogen) atoms. The number of hydrogen-bond donors (Lipinski definition) is 3. The zero-order valence-corrected chi connectivity index (χ0v) is 42.6. The lowest BCUT2D eigenvalue weighted by Crippen LogP contribution is -2.56. The van der Waals surface area contributed by atoms with Crippen molar-refractivity contribution in [3.63, 3.8) is 0 Å². The van der Waals surface area contributed by atoms with E-state index in [1.54, 1.807) is 12.3 Å². The minimum absolute atomic E-state index is 0.0106. The monoisotopic (exact) mass is 1020 g/mol. The number of aromatic amines is 1. The van der Waals surface area contributed by atoms with E-state index in [0.29, 0.717) is 99.5 Å². The predicted octanol–water partition coefficient (Wildman–Crippen LogP) is 8.96. The fourth-order valence-electron chi connectivity index (χ4n) is 10.8. The summed E-state index contributed by atoms with van der Waals surface area (Å²) in [5.74, 6) is -0.0788. The number of carbonyl (C=O) groups excluding carboxylic acids is 1. The fraction of sp³-hybridized carbons (Fsp3) is 0.472. The van der Waals surface area contributed by atoms with Gasteiger partial charge in [0.05, 0.1) is 52.5 Å². The third-order valence-electron chi connectivity index (χ3n) is 14.6. The highest BCUT2D eigenvalue weighted by Crippen LogP contribution is 2.46. The number of nitro groups is 1. The van der Waals surface area contributed by atoms with E-state index in [-0.39, 0.29) is 34.9 Å². The number of ether oxygens (including phenoxy) is 4. The number of H-pyrrole nitrogens is 1. The number of nitro benzene ring substituents is 1. The number of pyridine rings is 1. The molecule has 17 nitrogen and oxygen atoms in total. The van der Waals surface area contributed by atoms with Gasteiger partial charge in [0, 0.05) is 87.4 Å². The summed E-state index contributed by atoms with van der Waals surface area (Å²) in [6, 6.07) is 21.1. The summed E-state index contributed by atoms with van der Waals surface area (Å²) in [6.45, 7) is 12.9. The molecular weight excluding hydrogens is 960 g/mol. The van der Waals surface area contributed by atoms with Crippen molar-refractivity contribution in [1.29, 1.82) is 0 Å². The first-order valence-corrected chi connectivity index (χ1v) is 26.9. The van der Waals surface area contributed by atoms with Crippen molar-refractivity contribution in [2.45, 2.75) is 82.4 Å². The van der Waals surface area contributed by atoms with Crippen molar-refractivity contribution in [2.24, 2.45) is 11.3 Å². The number of hydrogen-bond acceptors (Lipinski definition) is 14. The normalized spacial score (nSPS) is 23.2. The summed E-state index contributed by atoms with van der Waals surface area (Å²) >= 11 is 6.38. The van der Waals surface area contributed by atoms with Crippen LogP contribution in [0, 0.1) is 21.4 Å². The summed E-state index contributed by atoms with van der Waals surface area (Å²) < 4.78 is 55.6. The van der Waals surface area contributed by atoms with Gasteiger partial charge in [0.1, 0.15) is 17.0 Å². The largest absolute Gasteiger partial charge is 0.476 e. The molecule has 6 heterocycles. The molecule has 0 saturated carbocycles. The molecule has 0 bridgehead atoms. The van der Waals surface area contributed by atoms with Crippen LogP contribution in [0.3, 0.4) is 0 Å². The highest BCUT2D eigenvalue weighted by Gasteiger charge is 2.39. The maximum Gasteiger partial charge on any atom is 0.293 e. The van der Waals surface area contributed by atoms with Crippen LogP contribution in [0.15, 0.2) is 89.5 Å². The first-order valence-electron chi connectivity index (χ1n) is 25.1. The first kappa shape index (κ1) is 49.8. The van der Waals surface area contributed by atoms with Crippen molar-refractivity contribution < 1.29 is 37.1 Å². The van der Waals surface area contributed by atoms with Gasteiger partial charge in [-0.05, 0) is 121 Å². The number of rotatable bonds is 10. The third kappa shape index (κ3) is 10.9. The third-order valence-corrected chi connectivity index (χ3v) is 16.2. The average molecular weight is 1020 g/mol. The Bertz CT molecular complexity index is 2960. The Morgan fingerprint density at radius 1 is 0.958 bits per heavy atom. The van der Waals surface area contributed by atoms with Gasteiger partial charge in [-0.2, -0.15) is 4.98 Å². The number of sulfonamides is 1. The van der Waals surface area contributed by atoms with E-state index in [9.17, 15) is 23.3 Å². The van der Waals surface area contributed by atoms with Gasteiger partial charge < -0.3 is 39.0 Å². The Labute approximate surface area is 425 Å². The van der Waals surface area contributed by atoms with Crippen LogP contribution < -0.4 is 24.6 Å². The van der Waals surface area contributed by atoms with Gasteiger partial charge in [0.15, 0.2) is 0 Å². The number of allylic oxidation sites excluding steroid dienone is 1. The molecule has 1 amide bonds. The molecule has 1 aliphatic carbocycles. The number of carbonyl (C=O) groups is 1. The van der Waals surface area contributed by atoms with Crippen LogP contribution in [0.5, 0.6) is 5.88 Å². The molecule has 0 spiro atoms. The van der Waals surface area contributed by atoms with Crippen molar-refractivity contribution in [3.8, 4) is 5.88 Å². The van der Waals surface area contributed by atoms with Gasteiger partial charge in [-0.25, -0.2) is 13.1 Å². The molecular formula is C53H63ClN8O9S. The molecule has 4 atom stereocenters. The van der Waals surface area contributed by atoms with Crippen LogP contribution in [0.2, 0.25) is 5.02 Å². The Balaban J connectivity index is 0.962. The maximum atomic E-state index is 14.6. The van der Waals surface area contributed by atoms with E-state index in [0.717, 1.165) is 67.9 Å². The molecule has 5 aliphatic rings. The van der Waals surface area contributed by atoms with Crippen molar-refractivity contribution in [1.82, 2.24) is 19.6 Å². The average Bonchev–Trinajstić information content (AvgIpc) is 3.71. The predicted molar refractivity (Wildman–Crippen MR) is 278 cm³/mol. The summed E-state index contributed by atoms with van der Waals surface area (Å²) in [5, 5.41) is 16.9. The Kier molecular flexibility index (Phi) is 14.5. The van der Waals surface area contributed by atoms with E-state index in [4.69, 9.17) is 35.5 Å². The Morgan fingerprint density at radius 3 is 2.61 bits per heavy atom. The van der Waals surface area contributed by atoms with E-state index in [1.807, 2.05) is 41.3 Å². The van der Waals surface area contributed by atoms with Gasteiger partial charge in [0.25, 0.3) is 21.6 Å². The Hall–Kier alpha value is -5.76. The molecule has 3 aromatic carbocycles. The van der Waals surface area contributed by atoms with Crippen LogP contribution >= 0.6 is 11.6 Å². The van der Waals surface area contributed by atoms with Crippen LogP contribution in [0.25, 0.3) is 16.6 Å². The maximum absolute atomic E-state index is 14.6. The molecule has 19 heteroatoms. The molecule has 382 valence electrons. The lowest BCUT2D eigenvalue weighted by Gasteiger charge is -2.45. The summed E-state index contributed by atoms with van der Waals surface area (Å²) in [4.78, 5) is 40.6. The molecule has 5 aromatic rings. The molecule has 0 unspecified atom stereocenters. The van der Waals surface area contributed by atoms with Crippen molar-refractivity contribution >= 4 is 72.6 Å². The molecule has 3 fully saturated rings. The lowest BCUT2D eigenvalue weighted by molar-refractivity contribution is -0.384. The molecule has 4 aliphatic heterocycles.